The maximum absolute atomic E-state index is 12.4. The molecule has 0 fully saturated rings. The second-order valence-corrected chi connectivity index (χ2v) is 3.08. The third kappa shape index (κ3) is 2.20. The van der Waals surface area contributed by atoms with Gasteiger partial charge in [-0.2, -0.15) is 13.2 Å². The highest BCUT2D eigenvalue weighted by Crippen LogP contribution is 2.35. The Morgan fingerprint density at radius 2 is 1.73 bits per heavy atom. The molecule has 0 saturated heterocycles. The van der Waals surface area contributed by atoms with E-state index in [4.69, 9.17) is 11.5 Å². The van der Waals surface area contributed by atoms with Crippen LogP contribution in [0.4, 0.5) is 24.5 Å². The largest absolute Gasteiger partial charge is 0.418 e. The summed E-state index contributed by atoms with van der Waals surface area (Å²) in [5.41, 5.74) is 8.79. The molecule has 0 radical (unpaired) electrons. The highest BCUT2D eigenvalue weighted by Gasteiger charge is 2.34. The summed E-state index contributed by atoms with van der Waals surface area (Å²) in [5.74, 6) is -0.530. The zero-order chi connectivity index (χ0) is 11.8. The highest BCUT2D eigenvalue weighted by atomic mass is 19.4. The van der Waals surface area contributed by atoms with Gasteiger partial charge in [-0.1, -0.05) is 0 Å². The van der Waals surface area contributed by atoms with Gasteiger partial charge in [-0.05, 0) is 19.1 Å². The minimum Gasteiger partial charge on any atom is -0.398 e. The summed E-state index contributed by atoms with van der Waals surface area (Å²) in [6.07, 6.45) is -4.58. The summed E-state index contributed by atoms with van der Waals surface area (Å²) >= 11 is 0. The Labute approximate surface area is 83.9 Å². The zero-order valence-corrected chi connectivity index (χ0v) is 7.85. The molecule has 0 aliphatic rings. The Balaban J connectivity index is 3.43. The molecule has 0 aliphatic carbocycles. The lowest BCUT2D eigenvalue weighted by Crippen LogP contribution is -2.12. The molecule has 1 aromatic rings. The van der Waals surface area contributed by atoms with Gasteiger partial charge in [-0.15, -0.1) is 0 Å². The Bertz CT molecular complexity index is 413. The quantitative estimate of drug-likeness (QED) is 0.560. The average molecular weight is 218 g/mol. The molecule has 6 heteroatoms. The lowest BCUT2D eigenvalue weighted by molar-refractivity contribution is -0.136. The van der Waals surface area contributed by atoms with Crippen molar-refractivity contribution >= 4 is 17.2 Å². The highest BCUT2D eigenvalue weighted by molar-refractivity contribution is 6.00. The van der Waals surface area contributed by atoms with Crippen LogP contribution >= 0.6 is 0 Å². The van der Waals surface area contributed by atoms with E-state index in [-0.39, 0.29) is 11.3 Å². The van der Waals surface area contributed by atoms with E-state index in [1.807, 2.05) is 0 Å². The zero-order valence-electron chi connectivity index (χ0n) is 7.85. The van der Waals surface area contributed by atoms with Crippen LogP contribution in [0.25, 0.3) is 0 Å². The number of carbonyl (C=O) groups is 1. The van der Waals surface area contributed by atoms with Crippen LogP contribution in [0.3, 0.4) is 0 Å². The number of hydrogen-bond acceptors (Lipinski definition) is 3. The molecule has 82 valence electrons. The van der Waals surface area contributed by atoms with E-state index in [0.717, 1.165) is 13.0 Å². The average Bonchev–Trinajstić information content (AvgIpc) is 2.00. The van der Waals surface area contributed by atoms with Crippen molar-refractivity contribution in [1.29, 1.82) is 0 Å². The molecule has 0 bridgehead atoms. The number of ketones is 1. The molecule has 0 spiro atoms. The van der Waals surface area contributed by atoms with Crippen molar-refractivity contribution in [3.8, 4) is 0 Å². The van der Waals surface area contributed by atoms with Crippen molar-refractivity contribution < 1.29 is 18.0 Å². The number of rotatable bonds is 1. The van der Waals surface area contributed by atoms with E-state index in [9.17, 15) is 18.0 Å². The molecule has 3 nitrogen and oxygen atoms in total. The number of carbonyl (C=O) groups excluding carboxylic acids is 1. The maximum atomic E-state index is 12.4. The van der Waals surface area contributed by atoms with Crippen LogP contribution in [0.15, 0.2) is 12.1 Å². The van der Waals surface area contributed by atoms with Gasteiger partial charge in [0, 0.05) is 16.9 Å². The summed E-state index contributed by atoms with van der Waals surface area (Å²) in [4.78, 5) is 11.0. The van der Waals surface area contributed by atoms with Crippen molar-refractivity contribution in [2.75, 3.05) is 11.5 Å². The monoisotopic (exact) mass is 218 g/mol. The predicted octanol–water partition coefficient (Wildman–Crippen LogP) is 2.07. The molecule has 0 saturated carbocycles. The fourth-order valence-corrected chi connectivity index (χ4v) is 1.18. The minimum atomic E-state index is -4.58. The normalized spacial score (nSPS) is 11.5. The summed E-state index contributed by atoms with van der Waals surface area (Å²) in [5, 5.41) is 0. The van der Waals surface area contributed by atoms with Gasteiger partial charge in [0.1, 0.15) is 0 Å². The number of hydrogen-bond donors (Lipinski definition) is 2. The molecular formula is C9H9F3N2O. The minimum absolute atomic E-state index is 0.0481. The van der Waals surface area contributed by atoms with Gasteiger partial charge in [0.15, 0.2) is 5.78 Å². The second kappa shape index (κ2) is 3.45. The van der Waals surface area contributed by atoms with Crippen LogP contribution in [0, 0.1) is 0 Å². The Kier molecular flexibility index (Phi) is 2.61. The van der Waals surface area contributed by atoms with Crippen molar-refractivity contribution in [2.24, 2.45) is 0 Å². The summed E-state index contributed by atoms with van der Waals surface area (Å²) in [6.45, 7) is 1.14. The predicted molar refractivity (Wildman–Crippen MR) is 50.3 cm³/mol. The van der Waals surface area contributed by atoms with Gasteiger partial charge < -0.3 is 11.5 Å². The maximum Gasteiger partial charge on any atom is 0.418 e. The van der Waals surface area contributed by atoms with Crippen molar-refractivity contribution in [3.05, 3.63) is 23.3 Å². The van der Waals surface area contributed by atoms with E-state index in [0.29, 0.717) is 6.07 Å². The van der Waals surface area contributed by atoms with Gasteiger partial charge in [-0.3, -0.25) is 4.79 Å². The van der Waals surface area contributed by atoms with Crippen LogP contribution in [0.2, 0.25) is 0 Å². The van der Waals surface area contributed by atoms with Crippen molar-refractivity contribution in [2.45, 2.75) is 13.1 Å². The van der Waals surface area contributed by atoms with Gasteiger partial charge in [-0.25, -0.2) is 0 Å². The van der Waals surface area contributed by atoms with Gasteiger partial charge in [0.2, 0.25) is 0 Å². The molecule has 0 atom stereocenters. The molecule has 0 heterocycles. The van der Waals surface area contributed by atoms with Gasteiger partial charge in [0.25, 0.3) is 0 Å². The number of nitrogens with two attached hydrogens (primary N) is 2. The summed E-state index contributed by atoms with van der Waals surface area (Å²) in [7, 11) is 0. The second-order valence-electron chi connectivity index (χ2n) is 3.08. The smallest absolute Gasteiger partial charge is 0.398 e. The van der Waals surface area contributed by atoms with Gasteiger partial charge >= 0.3 is 6.18 Å². The van der Waals surface area contributed by atoms with E-state index in [2.05, 4.69) is 0 Å². The van der Waals surface area contributed by atoms with E-state index >= 15 is 0 Å². The Hall–Kier alpha value is -1.72. The first-order chi connectivity index (χ1) is 6.73. The van der Waals surface area contributed by atoms with Crippen LogP contribution in [0.5, 0.6) is 0 Å². The first-order valence-electron chi connectivity index (χ1n) is 4.00. The number of Topliss-reactive ketones (excluding diaryl/α,β-unsaturated/α-hetero) is 1. The van der Waals surface area contributed by atoms with E-state index < -0.39 is 23.2 Å². The molecule has 0 aliphatic heterocycles. The molecule has 0 unspecified atom stereocenters. The SMILES string of the molecule is CC(=O)c1cc(C(F)(F)F)c(N)cc1N. The summed E-state index contributed by atoms with van der Waals surface area (Å²) < 4.78 is 37.2. The summed E-state index contributed by atoms with van der Waals surface area (Å²) in [6, 6.07) is 1.62. The molecule has 0 aromatic heterocycles. The number of benzene rings is 1. The Morgan fingerprint density at radius 1 is 1.20 bits per heavy atom. The lowest BCUT2D eigenvalue weighted by Gasteiger charge is -2.12. The fraction of sp³-hybridized carbons (Fsp3) is 0.222. The van der Waals surface area contributed by atoms with Crippen molar-refractivity contribution in [1.82, 2.24) is 0 Å². The number of nitrogen functional groups attached to an aromatic ring is 2. The molecule has 4 N–H and O–H groups in total. The third-order valence-electron chi connectivity index (χ3n) is 1.91. The van der Waals surface area contributed by atoms with Crippen LogP contribution in [0.1, 0.15) is 22.8 Å². The number of halogens is 3. The lowest BCUT2D eigenvalue weighted by atomic mass is 10.0. The van der Waals surface area contributed by atoms with E-state index in [1.165, 1.54) is 0 Å². The van der Waals surface area contributed by atoms with Crippen LogP contribution in [-0.4, -0.2) is 5.78 Å². The van der Waals surface area contributed by atoms with E-state index in [1.54, 1.807) is 0 Å². The molecule has 1 aromatic carbocycles. The number of anilines is 2. The topological polar surface area (TPSA) is 69.1 Å². The van der Waals surface area contributed by atoms with Crippen LogP contribution < -0.4 is 11.5 Å². The van der Waals surface area contributed by atoms with Crippen LogP contribution in [-0.2, 0) is 6.18 Å². The first kappa shape index (κ1) is 11.4. The fourth-order valence-electron chi connectivity index (χ4n) is 1.18. The standard InChI is InChI=1S/C9H9F3N2O/c1-4(15)5-2-6(9(10,11)12)8(14)3-7(5)13/h2-3H,13-14H2,1H3. The molecule has 0 amide bonds. The first-order valence-corrected chi connectivity index (χ1v) is 4.00. The molecule has 15 heavy (non-hydrogen) atoms. The van der Waals surface area contributed by atoms with Gasteiger partial charge in [0.05, 0.1) is 5.56 Å². The Morgan fingerprint density at radius 3 is 2.13 bits per heavy atom. The van der Waals surface area contributed by atoms with Crippen molar-refractivity contribution in [3.63, 3.8) is 0 Å². The molecular weight excluding hydrogens is 209 g/mol. The number of alkyl halides is 3. The third-order valence-corrected chi connectivity index (χ3v) is 1.91. The molecule has 1 rings (SSSR count).